The van der Waals surface area contributed by atoms with Crippen LogP contribution in [-0.2, 0) is 25.6 Å². The number of amides is 3. The molecular weight excluding hydrogens is 466 g/mol. The van der Waals surface area contributed by atoms with Gasteiger partial charge in [0.05, 0.1) is 6.04 Å². The zero-order valence-corrected chi connectivity index (χ0v) is 21.1. The molecule has 0 heterocycles. The summed E-state index contributed by atoms with van der Waals surface area (Å²) >= 11 is 0. The van der Waals surface area contributed by atoms with Crippen LogP contribution in [0.4, 0.5) is 0 Å². The van der Waals surface area contributed by atoms with Gasteiger partial charge in [0, 0.05) is 6.54 Å². The number of carboxylic acids is 1. The number of carbonyl (C=O) groups excluding carboxylic acids is 3. The minimum absolute atomic E-state index is 0.0247. The van der Waals surface area contributed by atoms with Gasteiger partial charge in [0.1, 0.15) is 18.1 Å². The van der Waals surface area contributed by atoms with Crippen LogP contribution in [0.2, 0.25) is 0 Å². The Morgan fingerprint density at radius 3 is 2.08 bits per heavy atom. The number of benzene rings is 1. The van der Waals surface area contributed by atoms with Crippen molar-refractivity contribution in [2.24, 2.45) is 28.1 Å². The number of carboxylic acid groups (broad SMARTS) is 1. The number of aliphatic imine (C=N–C) groups is 1. The van der Waals surface area contributed by atoms with Crippen LogP contribution in [0.5, 0.6) is 0 Å². The van der Waals surface area contributed by atoms with Crippen molar-refractivity contribution < 1.29 is 24.3 Å². The standard InChI is InChI=1S/C24H39N7O5/c1-14(2)12-19(23(35)36)31-22(34)18(10-7-11-28-24(26)27)30-20(32)15(3)29-21(33)17(25)13-16-8-5-4-6-9-16/h4-6,8-9,14-15,17-19H,7,10-13,25H2,1-3H3,(H,29,33)(H,30,32)(H,31,34)(H,35,36)(H4,26,27,28). The second kappa shape index (κ2) is 15.4. The number of hydrogen-bond donors (Lipinski definition) is 7. The third kappa shape index (κ3) is 11.6. The fourth-order valence-electron chi connectivity index (χ4n) is 3.38. The van der Waals surface area contributed by atoms with Crippen LogP contribution in [0.15, 0.2) is 35.3 Å². The molecule has 0 aliphatic heterocycles. The van der Waals surface area contributed by atoms with Gasteiger partial charge in [-0.05, 0) is 44.1 Å². The molecule has 0 aliphatic carbocycles. The minimum Gasteiger partial charge on any atom is -0.480 e. The van der Waals surface area contributed by atoms with Crippen molar-refractivity contribution in [3.63, 3.8) is 0 Å². The molecular formula is C24H39N7O5. The molecule has 0 aliphatic rings. The third-order valence-corrected chi connectivity index (χ3v) is 5.29. The van der Waals surface area contributed by atoms with E-state index in [4.69, 9.17) is 17.2 Å². The molecule has 12 nitrogen and oxygen atoms in total. The lowest BCUT2D eigenvalue weighted by atomic mass is 10.0. The highest BCUT2D eigenvalue weighted by molar-refractivity contribution is 5.93. The van der Waals surface area contributed by atoms with E-state index in [-0.39, 0.29) is 31.3 Å². The first kappa shape index (κ1) is 30.4. The Morgan fingerprint density at radius 1 is 0.917 bits per heavy atom. The van der Waals surface area contributed by atoms with E-state index in [2.05, 4.69) is 20.9 Å². The highest BCUT2D eigenvalue weighted by Crippen LogP contribution is 2.07. The maximum Gasteiger partial charge on any atom is 0.326 e. The van der Waals surface area contributed by atoms with E-state index in [0.29, 0.717) is 12.8 Å². The number of nitrogens with one attached hydrogen (secondary N) is 3. The number of guanidine groups is 1. The summed E-state index contributed by atoms with van der Waals surface area (Å²) in [6.45, 7) is 5.36. The monoisotopic (exact) mass is 505 g/mol. The van der Waals surface area contributed by atoms with Gasteiger partial charge in [-0.3, -0.25) is 19.4 Å². The average molecular weight is 506 g/mol. The van der Waals surface area contributed by atoms with E-state index in [0.717, 1.165) is 5.56 Å². The Labute approximate surface area is 211 Å². The molecule has 4 atom stereocenters. The van der Waals surface area contributed by atoms with Crippen LogP contribution >= 0.6 is 0 Å². The maximum absolute atomic E-state index is 12.9. The van der Waals surface area contributed by atoms with E-state index >= 15 is 0 Å². The van der Waals surface area contributed by atoms with Crippen LogP contribution in [0.3, 0.4) is 0 Å². The van der Waals surface area contributed by atoms with Gasteiger partial charge < -0.3 is 38.3 Å². The Balaban J connectivity index is 2.81. The van der Waals surface area contributed by atoms with Gasteiger partial charge in [-0.15, -0.1) is 0 Å². The summed E-state index contributed by atoms with van der Waals surface area (Å²) in [4.78, 5) is 53.6. The van der Waals surface area contributed by atoms with Gasteiger partial charge in [0.15, 0.2) is 5.96 Å². The van der Waals surface area contributed by atoms with Gasteiger partial charge in [-0.2, -0.15) is 0 Å². The zero-order valence-electron chi connectivity index (χ0n) is 21.1. The fourth-order valence-corrected chi connectivity index (χ4v) is 3.38. The van der Waals surface area contributed by atoms with Crippen molar-refractivity contribution >= 4 is 29.7 Å². The van der Waals surface area contributed by atoms with Gasteiger partial charge in [0.2, 0.25) is 17.7 Å². The molecule has 0 saturated heterocycles. The molecule has 3 amide bonds. The Hall–Kier alpha value is -3.67. The Morgan fingerprint density at radius 2 is 1.53 bits per heavy atom. The first-order chi connectivity index (χ1) is 16.9. The van der Waals surface area contributed by atoms with E-state index in [9.17, 15) is 24.3 Å². The quantitative estimate of drug-likeness (QED) is 0.0908. The highest BCUT2D eigenvalue weighted by atomic mass is 16.4. The molecule has 1 rings (SSSR count). The lowest BCUT2D eigenvalue weighted by molar-refractivity contribution is -0.142. The van der Waals surface area contributed by atoms with Crippen LogP contribution in [-0.4, -0.2) is 65.5 Å². The summed E-state index contributed by atoms with van der Waals surface area (Å²) in [6, 6.07) is 5.20. The number of carbonyl (C=O) groups is 4. The molecule has 10 N–H and O–H groups in total. The molecule has 0 spiro atoms. The number of aliphatic carboxylic acids is 1. The van der Waals surface area contributed by atoms with E-state index < -0.39 is 47.9 Å². The molecule has 4 unspecified atom stereocenters. The van der Waals surface area contributed by atoms with Crippen molar-refractivity contribution in [2.75, 3.05) is 6.54 Å². The lowest BCUT2D eigenvalue weighted by Gasteiger charge is -2.24. The summed E-state index contributed by atoms with van der Waals surface area (Å²) in [6.07, 6.45) is 1.02. The first-order valence-electron chi connectivity index (χ1n) is 11.9. The fraction of sp³-hybridized carbons (Fsp3) is 0.542. The largest absolute Gasteiger partial charge is 0.480 e. The smallest absolute Gasteiger partial charge is 0.326 e. The lowest BCUT2D eigenvalue weighted by Crippen LogP contribution is -2.56. The molecule has 1 aromatic carbocycles. The third-order valence-electron chi connectivity index (χ3n) is 5.29. The van der Waals surface area contributed by atoms with E-state index in [1.165, 1.54) is 6.92 Å². The number of nitrogens with zero attached hydrogens (tertiary/aromatic N) is 1. The number of nitrogens with two attached hydrogens (primary N) is 3. The van der Waals surface area contributed by atoms with E-state index in [1.54, 1.807) is 0 Å². The van der Waals surface area contributed by atoms with Gasteiger partial charge in [-0.25, -0.2) is 4.79 Å². The summed E-state index contributed by atoms with van der Waals surface area (Å²) < 4.78 is 0. The topological polar surface area (TPSA) is 215 Å². The normalized spacial score (nSPS) is 14.1. The van der Waals surface area contributed by atoms with Gasteiger partial charge >= 0.3 is 5.97 Å². The van der Waals surface area contributed by atoms with Crippen molar-refractivity contribution in [2.45, 2.75) is 70.6 Å². The molecule has 0 aromatic heterocycles. The molecule has 0 fully saturated rings. The van der Waals surface area contributed by atoms with Crippen molar-refractivity contribution in [3.05, 3.63) is 35.9 Å². The molecule has 0 saturated carbocycles. The molecule has 200 valence electrons. The predicted octanol–water partition coefficient (Wildman–Crippen LogP) is -0.785. The van der Waals surface area contributed by atoms with Gasteiger partial charge in [-0.1, -0.05) is 44.2 Å². The Bertz CT molecular complexity index is 903. The molecule has 36 heavy (non-hydrogen) atoms. The molecule has 12 heteroatoms. The van der Waals surface area contributed by atoms with Crippen LogP contribution in [0, 0.1) is 5.92 Å². The summed E-state index contributed by atoms with van der Waals surface area (Å²) in [5.41, 5.74) is 17.5. The van der Waals surface area contributed by atoms with E-state index in [1.807, 2.05) is 44.2 Å². The first-order valence-corrected chi connectivity index (χ1v) is 11.9. The van der Waals surface area contributed by atoms with Crippen molar-refractivity contribution in [3.8, 4) is 0 Å². The summed E-state index contributed by atoms with van der Waals surface area (Å²) in [7, 11) is 0. The Kier molecular flexibility index (Phi) is 12.9. The predicted molar refractivity (Wildman–Crippen MR) is 137 cm³/mol. The van der Waals surface area contributed by atoms with Gasteiger partial charge in [0.25, 0.3) is 0 Å². The molecule has 0 radical (unpaired) electrons. The minimum atomic E-state index is -1.17. The number of rotatable bonds is 15. The summed E-state index contributed by atoms with van der Waals surface area (Å²) in [5, 5.41) is 17.1. The molecule has 0 bridgehead atoms. The average Bonchev–Trinajstić information content (AvgIpc) is 2.80. The maximum atomic E-state index is 12.9. The second-order valence-corrected chi connectivity index (χ2v) is 9.07. The zero-order chi connectivity index (χ0) is 27.3. The van der Waals surface area contributed by atoms with Crippen LogP contribution < -0.4 is 33.2 Å². The van der Waals surface area contributed by atoms with Crippen LogP contribution in [0.1, 0.15) is 45.6 Å². The van der Waals surface area contributed by atoms with Crippen LogP contribution in [0.25, 0.3) is 0 Å². The number of hydrogen-bond acceptors (Lipinski definition) is 6. The highest BCUT2D eigenvalue weighted by Gasteiger charge is 2.29. The summed E-state index contributed by atoms with van der Waals surface area (Å²) in [5.74, 6) is -3.04. The SMILES string of the molecule is CC(C)CC(NC(=O)C(CCCN=C(N)N)NC(=O)C(C)NC(=O)C(N)Cc1ccccc1)C(=O)O. The van der Waals surface area contributed by atoms with Crippen molar-refractivity contribution in [1.82, 2.24) is 16.0 Å². The molecule has 1 aromatic rings. The van der Waals surface area contributed by atoms with Crippen molar-refractivity contribution in [1.29, 1.82) is 0 Å². The second-order valence-electron chi connectivity index (χ2n) is 9.07.